The molecule has 0 bridgehead atoms. The lowest BCUT2D eigenvalue weighted by atomic mass is 10.0. The third kappa shape index (κ3) is 3.56. The van der Waals surface area contributed by atoms with E-state index in [1.54, 1.807) is 30.3 Å². The SMILES string of the molecule is OCCCN1CC(Cc2ccccc2F)Oc2ccc(O)cc21. The summed E-state index contributed by atoms with van der Waals surface area (Å²) in [7, 11) is 0. The van der Waals surface area contributed by atoms with Crippen molar-refractivity contribution in [1.82, 2.24) is 0 Å². The minimum atomic E-state index is -0.227. The monoisotopic (exact) mass is 317 g/mol. The Morgan fingerprint density at radius 1 is 1.22 bits per heavy atom. The fourth-order valence-electron chi connectivity index (χ4n) is 2.90. The zero-order chi connectivity index (χ0) is 16.2. The van der Waals surface area contributed by atoms with Gasteiger partial charge in [-0.1, -0.05) is 18.2 Å². The summed E-state index contributed by atoms with van der Waals surface area (Å²) in [5, 5.41) is 18.8. The molecule has 1 atom stereocenters. The predicted molar refractivity (Wildman–Crippen MR) is 86.5 cm³/mol. The summed E-state index contributed by atoms with van der Waals surface area (Å²) in [6.07, 6.45) is 0.923. The van der Waals surface area contributed by atoms with Crippen molar-refractivity contribution in [3.05, 3.63) is 53.8 Å². The highest BCUT2D eigenvalue weighted by atomic mass is 19.1. The molecule has 0 saturated carbocycles. The summed E-state index contributed by atoms with van der Waals surface area (Å²) in [5.74, 6) is 0.622. The van der Waals surface area contributed by atoms with Gasteiger partial charge in [0.2, 0.25) is 0 Å². The van der Waals surface area contributed by atoms with Crippen LogP contribution in [0, 0.1) is 5.82 Å². The Labute approximate surface area is 134 Å². The van der Waals surface area contributed by atoms with E-state index >= 15 is 0 Å². The quantitative estimate of drug-likeness (QED) is 0.890. The smallest absolute Gasteiger partial charge is 0.143 e. The van der Waals surface area contributed by atoms with Crippen LogP contribution in [0.25, 0.3) is 0 Å². The molecule has 3 rings (SSSR count). The average molecular weight is 317 g/mol. The van der Waals surface area contributed by atoms with Crippen LogP contribution >= 0.6 is 0 Å². The van der Waals surface area contributed by atoms with Crippen molar-refractivity contribution in [3.63, 3.8) is 0 Å². The van der Waals surface area contributed by atoms with Gasteiger partial charge in [0.1, 0.15) is 23.4 Å². The number of hydrogen-bond donors (Lipinski definition) is 2. The minimum Gasteiger partial charge on any atom is -0.508 e. The van der Waals surface area contributed by atoms with Gasteiger partial charge in [-0.25, -0.2) is 4.39 Å². The summed E-state index contributed by atoms with van der Waals surface area (Å²) in [6.45, 7) is 1.35. The zero-order valence-corrected chi connectivity index (χ0v) is 12.8. The van der Waals surface area contributed by atoms with E-state index in [1.165, 1.54) is 6.07 Å². The van der Waals surface area contributed by atoms with Crippen LogP contribution in [0.15, 0.2) is 42.5 Å². The molecule has 2 N–H and O–H groups in total. The van der Waals surface area contributed by atoms with E-state index in [0.717, 1.165) is 5.69 Å². The lowest BCUT2D eigenvalue weighted by Crippen LogP contribution is -2.42. The molecule has 1 heterocycles. The van der Waals surface area contributed by atoms with E-state index in [9.17, 15) is 9.50 Å². The molecule has 5 heteroatoms. The first-order valence-electron chi connectivity index (χ1n) is 7.76. The Hall–Kier alpha value is -2.27. The van der Waals surface area contributed by atoms with Crippen LogP contribution in [0.3, 0.4) is 0 Å². The van der Waals surface area contributed by atoms with Gasteiger partial charge in [0, 0.05) is 25.6 Å². The Morgan fingerprint density at radius 3 is 2.83 bits per heavy atom. The second-order valence-electron chi connectivity index (χ2n) is 5.71. The van der Waals surface area contributed by atoms with E-state index < -0.39 is 0 Å². The number of rotatable bonds is 5. The van der Waals surface area contributed by atoms with Crippen molar-refractivity contribution >= 4 is 5.69 Å². The number of fused-ring (bicyclic) bond motifs is 1. The van der Waals surface area contributed by atoms with E-state index in [2.05, 4.69) is 4.90 Å². The Bertz CT molecular complexity index is 677. The van der Waals surface area contributed by atoms with Gasteiger partial charge in [-0.3, -0.25) is 0 Å². The summed E-state index contributed by atoms with van der Waals surface area (Å²) < 4.78 is 19.8. The topological polar surface area (TPSA) is 52.9 Å². The molecule has 23 heavy (non-hydrogen) atoms. The van der Waals surface area contributed by atoms with Crippen molar-refractivity contribution < 1.29 is 19.3 Å². The third-order valence-electron chi connectivity index (χ3n) is 3.99. The number of aliphatic hydroxyl groups is 1. The number of nitrogens with zero attached hydrogens (tertiary/aromatic N) is 1. The highest BCUT2D eigenvalue weighted by Crippen LogP contribution is 2.36. The summed E-state index contributed by atoms with van der Waals surface area (Å²) in [5.41, 5.74) is 1.44. The van der Waals surface area contributed by atoms with Crippen LogP contribution in [0.5, 0.6) is 11.5 Å². The zero-order valence-electron chi connectivity index (χ0n) is 12.8. The van der Waals surface area contributed by atoms with Crippen LogP contribution in [-0.4, -0.2) is 36.0 Å². The molecule has 0 amide bonds. The maximum atomic E-state index is 13.9. The predicted octanol–water partition coefficient (Wildman–Crippen LogP) is 2.72. The van der Waals surface area contributed by atoms with E-state index in [-0.39, 0.29) is 24.3 Å². The number of anilines is 1. The molecule has 1 aliphatic heterocycles. The maximum absolute atomic E-state index is 13.9. The summed E-state index contributed by atoms with van der Waals surface area (Å²) in [6, 6.07) is 11.7. The van der Waals surface area contributed by atoms with Crippen LogP contribution < -0.4 is 9.64 Å². The third-order valence-corrected chi connectivity index (χ3v) is 3.99. The number of phenols is 1. The van der Waals surface area contributed by atoms with Crippen molar-refractivity contribution in [2.45, 2.75) is 18.9 Å². The van der Waals surface area contributed by atoms with Gasteiger partial charge < -0.3 is 19.8 Å². The van der Waals surface area contributed by atoms with Gasteiger partial charge in [0.05, 0.1) is 12.2 Å². The Morgan fingerprint density at radius 2 is 2.04 bits per heavy atom. The fraction of sp³-hybridized carbons (Fsp3) is 0.333. The molecule has 0 saturated heterocycles. The van der Waals surface area contributed by atoms with Crippen LogP contribution in [0.4, 0.5) is 10.1 Å². The molecule has 2 aromatic carbocycles. The van der Waals surface area contributed by atoms with Crippen molar-refractivity contribution in [2.75, 3.05) is 24.6 Å². The molecule has 0 radical (unpaired) electrons. The molecule has 0 fully saturated rings. The van der Waals surface area contributed by atoms with Crippen molar-refractivity contribution in [3.8, 4) is 11.5 Å². The molecule has 0 aromatic heterocycles. The first kappa shape index (κ1) is 15.6. The van der Waals surface area contributed by atoms with E-state index in [4.69, 9.17) is 9.84 Å². The molecule has 4 nitrogen and oxygen atoms in total. The normalized spacial score (nSPS) is 16.8. The second-order valence-corrected chi connectivity index (χ2v) is 5.71. The number of aliphatic hydroxyl groups excluding tert-OH is 1. The number of ether oxygens (including phenoxy) is 1. The molecule has 0 spiro atoms. The van der Waals surface area contributed by atoms with Crippen molar-refractivity contribution in [2.24, 2.45) is 0 Å². The largest absolute Gasteiger partial charge is 0.508 e. The van der Waals surface area contributed by atoms with Crippen LogP contribution in [0.2, 0.25) is 0 Å². The first-order valence-corrected chi connectivity index (χ1v) is 7.76. The number of aromatic hydroxyl groups is 1. The molecule has 0 aliphatic carbocycles. The summed E-state index contributed by atoms with van der Waals surface area (Å²) >= 11 is 0. The van der Waals surface area contributed by atoms with Gasteiger partial charge in [0.25, 0.3) is 0 Å². The van der Waals surface area contributed by atoms with Crippen LogP contribution in [0.1, 0.15) is 12.0 Å². The van der Waals surface area contributed by atoms with Gasteiger partial charge in [-0.05, 0) is 30.2 Å². The van der Waals surface area contributed by atoms with E-state index in [0.29, 0.717) is 37.2 Å². The van der Waals surface area contributed by atoms with Crippen molar-refractivity contribution in [1.29, 1.82) is 0 Å². The highest BCUT2D eigenvalue weighted by molar-refractivity contribution is 5.63. The van der Waals surface area contributed by atoms with Gasteiger partial charge in [-0.15, -0.1) is 0 Å². The number of halogens is 1. The molecule has 1 unspecified atom stereocenters. The highest BCUT2D eigenvalue weighted by Gasteiger charge is 2.26. The summed E-state index contributed by atoms with van der Waals surface area (Å²) in [4.78, 5) is 2.07. The van der Waals surface area contributed by atoms with Gasteiger partial charge in [-0.2, -0.15) is 0 Å². The maximum Gasteiger partial charge on any atom is 0.143 e. The fourth-order valence-corrected chi connectivity index (χ4v) is 2.90. The number of hydrogen-bond acceptors (Lipinski definition) is 4. The molecule has 2 aromatic rings. The van der Waals surface area contributed by atoms with Crippen LogP contribution in [-0.2, 0) is 6.42 Å². The Kier molecular flexibility index (Phi) is 4.67. The van der Waals surface area contributed by atoms with E-state index in [1.807, 2.05) is 6.07 Å². The molecular formula is C18H20FNO3. The molecule has 122 valence electrons. The minimum absolute atomic E-state index is 0.101. The van der Waals surface area contributed by atoms with Gasteiger partial charge in [0.15, 0.2) is 0 Å². The number of phenolic OH excluding ortho intramolecular Hbond substituents is 1. The Balaban J connectivity index is 1.82. The lowest BCUT2D eigenvalue weighted by Gasteiger charge is -2.36. The number of benzene rings is 2. The molecule has 1 aliphatic rings. The van der Waals surface area contributed by atoms with Gasteiger partial charge >= 0.3 is 0 Å². The molecular weight excluding hydrogens is 297 g/mol. The standard InChI is InChI=1S/C18H20FNO3/c19-16-5-2-1-4-13(16)10-15-12-20(8-3-9-21)17-11-14(22)6-7-18(17)23-15/h1-2,4-7,11,15,21-22H,3,8-10,12H2. The first-order chi connectivity index (χ1) is 11.2. The second kappa shape index (κ2) is 6.87. The average Bonchev–Trinajstić information content (AvgIpc) is 2.55. The lowest BCUT2D eigenvalue weighted by molar-refractivity contribution is 0.190.